The number of nitrogens with two attached hydrogens (primary N) is 1. The number of carbonyl (C=O) groups excluding carboxylic acids is 1. The van der Waals surface area contributed by atoms with Crippen molar-refractivity contribution in [3.63, 3.8) is 0 Å². The van der Waals surface area contributed by atoms with Gasteiger partial charge in [-0.2, -0.15) is 0 Å². The number of ether oxygens (including phenoxy) is 2. The summed E-state index contributed by atoms with van der Waals surface area (Å²) in [4.78, 5) is 13.3. The fourth-order valence-electron chi connectivity index (χ4n) is 3.30. The van der Waals surface area contributed by atoms with Gasteiger partial charge in [0.1, 0.15) is 0 Å². The fourth-order valence-corrected chi connectivity index (χ4v) is 4.85. The number of nitrogens with zero attached hydrogens (tertiary/aromatic N) is 1. The highest BCUT2D eigenvalue weighted by atomic mass is 35.5. The molecule has 1 amide bonds. The van der Waals surface area contributed by atoms with Gasteiger partial charge in [0.15, 0.2) is 11.5 Å². The Morgan fingerprint density at radius 3 is 2.18 bits per heavy atom. The molecule has 3 aromatic rings. The van der Waals surface area contributed by atoms with Gasteiger partial charge < -0.3 is 15.2 Å². The number of methoxy groups -OCH3 is 2. The van der Waals surface area contributed by atoms with Crippen LogP contribution in [0.2, 0.25) is 5.02 Å². The molecule has 33 heavy (non-hydrogen) atoms. The topological polar surface area (TPSA) is 98.9 Å². The molecule has 0 aliphatic carbocycles. The van der Waals surface area contributed by atoms with Crippen LogP contribution in [0.15, 0.2) is 77.7 Å². The Bertz CT molecular complexity index is 1200. The van der Waals surface area contributed by atoms with E-state index in [0.29, 0.717) is 22.1 Å². The number of benzene rings is 3. The second kappa shape index (κ2) is 10.7. The summed E-state index contributed by atoms with van der Waals surface area (Å²) >= 11 is 5.92. The number of carbonyl (C=O) groups is 1. The largest absolute Gasteiger partial charge is 0.493 e. The molecular weight excluding hydrogens is 464 g/mol. The smallest absolute Gasteiger partial charge is 0.266 e. The summed E-state index contributed by atoms with van der Waals surface area (Å²) < 4.78 is 38.3. The number of hydrogen-bond donors (Lipinski definition) is 1. The summed E-state index contributed by atoms with van der Waals surface area (Å²) in [6, 6.07) is 18.7. The van der Waals surface area contributed by atoms with Crippen molar-refractivity contribution in [2.24, 2.45) is 5.73 Å². The molecule has 7 nitrogen and oxygen atoms in total. The fraction of sp³-hybridized carbons (Fsp3) is 0.208. The van der Waals surface area contributed by atoms with Gasteiger partial charge in [0.2, 0.25) is 0 Å². The molecule has 3 rings (SSSR count). The van der Waals surface area contributed by atoms with E-state index in [4.69, 9.17) is 26.8 Å². The summed E-state index contributed by atoms with van der Waals surface area (Å²) in [5.74, 6) is 0.184. The van der Waals surface area contributed by atoms with E-state index in [9.17, 15) is 13.2 Å². The van der Waals surface area contributed by atoms with E-state index in [0.717, 1.165) is 9.87 Å². The van der Waals surface area contributed by atoms with Crippen LogP contribution in [-0.4, -0.2) is 38.9 Å². The highest BCUT2D eigenvalue weighted by Gasteiger charge is 2.33. The molecule has 174 valence electrons. The van der Waals surface area contributed by atoms with Gasteiger partial charge in [-0.1, -0.05) is 48.0 Å². The van der Waals surface area contributed by atoms with E-state index in [2.05, 4.69) is 0 Å². The van der Waals surface area contributed by atoms with E-state index in [1.165, 1.54) is 38.5 Å². The number of sulfonamides is 1. The molecule has 0 aliphatic heterocycles. The summed E-state index contributed by atoms with van der Waals surface area (Å²) in [7, 11) is -1.24. The highest BCUT2D eigenvalue weighted by Crippen LogP contribution is 2.29. The summed E-state index contributed by atoms with van der Waals surface area (Å²) in [6.07, 6.45) is 0.193. The van der Waals surface area contributed by atoms with Gasteiger partial charge in [-0.15, -0.1) is 0 Å². The second-order valence-corrected chi connectivity index (χ2v) is 9.59. The van der Waals surface area contributed by atoms with Crippen molar-refractivity contribution in [3.05, 3.63) is 88.9 Å². The molecule has 0 radical (unpaired) electrons. The summed E-state index contributed by atoms with van der Waals surface area (Å²) in [6.45, 7) is -0.230. The lowest BCUT2D eigenvalue weighted by atomic mass is 10.1. The van der Waals surface area contributed by atoms with Crippen molar-refractivity contribution in [1.82, 2.24) is 4.31 Å². The number of hydrogen-bond acceptors (Lipinski definition) is 6. The molecule has 2 N–H and O–H groups in total. The lowest BCUT2D eigenvalue weighted by Crippen LogP contribution is -2.47. The molecule has 0 bridgehead atoms. The molecule has 0 fully saturated rings. The van der Waals surface area contributed by atoms with Crippen molar-refractivity contribution in [2.45, 2.75) is 23.9 Å². The molecule has 1 atom stereocenters. The molecular formula is C24H25ClN2O5S. The first-order valence-electron chi connectivity index (χ1n) is 10.1. The van der Waals surface area contributed by atoms with Crippen LogP contribution in [0.4, 0.5) is 0 Å². The standard InChI is InChI=1S/C24H25ClN2O5S/c1-31-22-13-8-18(15-23(22)32-2)16-27(33(29,30)20-11-9-19(25)10-12-20)24(28)21(26)14-17-6-4-3-5-7-17/h3-13,15,21H,14,16,26H2,1-2H3/t21-/m0/s1. The average molecular weight is 489 g/mol. The van der Waals surface area contributed by atoms with Crippen LogP contribution in [0.5, 0.6) is 11.5 Å². The van der Waals surface area contributed by atoms with Crippen LogP contribution in [0.3, 0.4) is 0 Å². The van der Waals surface area contributed by atoms with Gasteiger partial charge in [0.25, 0.3) is 15.9 Å². The number of amides is 1. The van der Waals surface area contributed by atoms with Crippen molar-refractivity contribution >= 4 is 27.5 Å². The zero-order valence-electron chi connectivity index (χ0n) is 18.3. The third kappa shape index (κ3) is 5.84. The monoisotopic (exact) mass is 488 g/mol. The van der Waals surface area contributed by atoms with Crippen LogP contribution < -0.4 is 15.2 Å². The van der Waals surface area contributed by atoms with Crippen molar-refractivity contribution in [1.29, 1.82) is 0 Å². The SMILES string of the molecule is COc1ccc(CN(C(=O)[C@@H](N)Cc2ccccc2)S(=O)(=O)c2ccc(Cl)cc2)cc1OC. The second-order valence-electron chi connectivity index (χ2n) is 7.29. The van der Waals surface area contributed by atoms with E-state index in [1.54, 1.807) is 18.2 Å². The average Bonchev–Trinajstić information content (AvgIpc) is 2.82. The van der Waals surface area contributed by atoms with E-state index in [1.807, 2.05) is 30.3 Å². The molecule has 3 aromatic carbocycles. The molecule has 0 spiro atoms. The first-order valence-corrected chi connectivity index (χ1v) is 11.9. The zero-order chi connectivity index (χ0) is 24.0. The first kappa shape index (κ1) is 24.6. The number of halogens is 1. The van der Waals surface area contributed by atoms with Crippen molar-refractivity contribution < 1.29 is 22.7 Å². The van der Waals surface area contributed by atoms with Gasteiger partial charge in [0.05, 0.1) is 31.7 Å². The molecule has 0 saturated heterocycles. The molecule has 0 heterocycles. The van der Waals surface area contributed by atoms with Gasteiger partial charge in [0, 0.05) is 5.02 Å². The Kier molecular flexibility index (Phi) is 7.97. The maximum absolute atomic E-state index is 13.5. The predicted octanol–water partition coefficient (Wildman–Crippen LogP) is 3.64. The Hall–Kier alpha value is -3.07. The zero-order valence-corrected chi connectivity index (χ0v) is 19.8. The van der Waals surface area contributed by atoms with Crippen LogP contribution in [-0.2, 0) is 27.8 Å². The third-order valence-corrected chi connectivity index (χ3v) is 7.05. The Labute approximate surface area is 198 Å². The van der Waals surface area contributed by atoms with Crippen LogP contribution >= 0.6 is 11.6 Å². The Morgan fingerprint density at radius 1 is 0.939 bits per heavy atom. The van der Waals surface area contributed by atoms with Gasteiger partial charge in [-0.05, 0) is 53.9 Å². The van der Waals surface area contributed by atoms with Gasteiger partial charge in [-0.25, -0.2) is 12.7 Å². The maximum Gasteiger partial charge on any atom is 0.266 e. The Balaban J connectivity index is 1.98. The van der Waals surface area contributed by atoms with E-state index >= 15 is 0 Å². The first-order chi connectivity index (χ1) is 15.8. The predicted molar refractivity (Wildman–Crippen MR) is 127 cm³/mol. The van der Waals surface area contributed by atoms with Gasteiger partial charge >= 0.3 is 0 Å². The third-order valence-electron chi connectivity index (χ3n) is 5.04. The van der Waals surface area contributed by atoms with Gasteiger partial charge in [-0.3, -0.25) is 4.79 Å². The minimum absolute atomic E-state index is 0.0624. The van der Waals surface area contributed by atoms with Crippen LogP contribution in [0.25, 0.3) is 0 Å². The lowest BCUT2D eigenvalue weighted by Gasteiger charge is -2.26. The van der Waals surface area contributed by atoms with Crippen LogP contribution in [0, 0.1) is 0 Å². The minimum Gasteiger partial charge on any atom is -0.493 e. The Morgan fingerprint density at radius 2 is 1.58 bits per heavy atom. The molecule has 0 aromatic heterocycles. The quantitative estimate of drug-likeness (QED) is 0.493. The summed E-state index contributed by atoms with van der Waals surface area (Å²) in [5.41, 5.74) is 7.54. The summed E-state index contributed by atoms with van der Waals surface area (Å²) in [5, 5.41) is 0.382. The molecule has 0 unspecified atom stereocenters. The maximum atomic E-state index is 13.5. The molecule has 9 heteroatoms. The highest BCUT2D eigenvalue weighted by molar-refractivity contribution is 7.89. The lowest BCUT2D eigenvalue weighted by molar-refractivity contribution is -0.128. The minimum atomic E-state index is -4.21. The number of rotatable bonds is 9. The van der Waals surface area contributed by atoms with E-state index in [-0.39, 0.29) is 17.9 Å². The normalized spacial score (nSPS) is 12.1. The molecule has 0 saturated carbocycles. The molecule has 0 aliphatic rings. The van der Waals surface area contributed by atoms with Crippen molar-refractivity contribution in [3.8, 4) is 11.5 Å². The van der Waals surface area contributed by atoms with Crippen molar-refractivity contribution in [2.75, 3.05) is 14.2 Å². The van der Waals surface area contributed by atoms with Crippen LogP contribution in [0.1, 0.15) is 11.1 Å². The van der Waals surface area contributed by atoms with E-state index < -0.39 is 22.0 Å².